The Morgan fingerprint density at radius 1 is 1.35 bits per heavy atom. The molecule has 0 aromatic rings. The van der Waals surface area contributed by atoms with Crippen molar-refractivity contribution in [2.75, 3.05) is 13.2 Å². The quantitative estimate of drug-likeness (QED) is 0.184. The lowest BCUT2D eigenvalue weighted by molar-refractivity contribution is -0.137. The van der Waals surface area contributed by atoms with E-state index in [9.17, 15) is 9.59 Å². The normalized spacial score (nSPS) is 9.06. The Labute approximate surface area is 101 Å². The zero-order chi connectivity index (χ0) is 13.1. The summed E-state index contributed by atoms with van der Waals surface area (Å²) in [5.41, 5.74) is 0.804. The molecule has 6 heteroatoms. The number of carbonyl (C=O) groups is 2. The smallest absolute Gasteiger partial charge is 0.433 e. The van der Waals surface area contributed by atoms with E-state index in [1.54, 1.807) is 0 Å². The molecular weight excluding hydrogens is 224 g/mol. The van der Waals surface area contributed by atoms with Crippen LogP contribution < -0.4 is 5.32 Å². The molecule has 0 atom stereocenters. The first-order valence-corrected chi connectivity index (χ1v) is 5.43. The number of nitrogens with one attached hydrogen (secondary N) is 1. The molecule has 96 valence electrons. The van der Waals surface area contributed by atoms with Crippen LogP contribution in [0.1, 0.15) is 26.7 Å². The fourth-order valence-corrected chi connectivity index (χ4v) is 0.881. The lowest BCUT2D eigenvalue weighted by Gasteiger charge is -2.04. The van der Waals surface area contributed by atoms with Crippen LogP contribution in [0.4, 0.5) is 4.79 Å². The van der Waals surface area contributed by atoms with Gasteiger partial charge in [0, 0.05) is 6.08 Å². The zero-order valence-corrected chi connectivity index (χ0v) is 10.2. The van der Waals surface area contributed by atoms with Gasteiger partial charge in [-0.2, -0.15) is 0 Å². The van der Waals surface area contributed by atoms with Crippen LogP contribution in [0.3, 0.4) is 0 Å². The van der Waals surface area contributed by atoms with Gasteiger partial charge >= 0.3 is 12.1 Å². The van der Waals surface area contributed by atoms with Crippen LogP contribution in [0.25, 0.3) is 0 Å². The highest BCUT2D eigenvalue weighted by Gasteiger charge is 2.02. The number of oxime groups is 1. The lowest BCUT2D eigenvalue weighted by atomic mass is 10.2. The van der Waals surface area contributed by atoms with Crippen molar-refractivity contribution in [2.45, 2.75) is 26.7 Å². The molecule has 0 heterocycles. The zero-order valence-electron chi connectivity index (χ0n) is 10.2. The second-order valence-corrected chi connectivity index (χ2v) is 3.04. The number of ether oxygens (including phenoxy) is 1. The van der Waals surface area contributed by atoms with E-state index in [0.717, 1.165) is 24.6 Å². The van der Waals surface area contributed by atoms with Gasteiger partial charge < -0.3 is 10.1 Å². The van der Waals surface area contributed by atoms with Crippen LogP contribution in [-0.4, -0.2) is 30.9 Å². The molecule has 1 amide bonds. The molecule has 0 fully saturated rings. The van der Waals surface area contributed by atoms with Crippen LogP contribution in [0.15, 0.2) is 17.8 Å². The van der Waals surface area contributed by atoms with Crippen molar-refractivity contribution in [3.05, 3.63) is 12.7 Å². The van der Waals surface area contributed by atoms with E-state index in [1.165, 1.54) is 0 Å². The summed E-state index contributed by atoms with van der Waals surface area (Å²) in [5.74, 6) is -0.530. The summed E-state index contributed by atoms with van der Waals surface area (Å²) in [6.45, 7) is 7.33. The van der Waals surface area contributed by atoms with Gasteiger partial charge in [-0.25, -0.2) is 9.59 Å². The maximum atomic E-state index is 11.1. The number of amides is 1. The van der Waals surface area contributed by atoms with Crippen molar-refractivity contribution in [1.82, 2.24) is 5.32 Å². The van der Waals surface area contributed by atoms with E-state index >= 15 is 0 Å². The third kappa shape index (κ3) is 8.01. The Morgan fingerprint density at radius 3 is 2.53 bits per heavy atom. The number of esters is 1. The first-order chi connectivity index (χ1) is 8.13. The van der Waals surface area contributed by atoms with Crippen LogP contribution >= 0.6 is 0 Å². The summed E-state index contributed by atoms with van der Waals surface area (Å²) in [5, 5.41) is 6.06. The first kappa shape index (κ1) is 15.2. The van der Waals surface area contributed by atoms with E-state index in [4.69, 9.17) is 0 Å². The molecule has 0 saturated heterocycles. The summed E-state index contributed by atoms with van der Waals surface area (Å²) < 4.78 is 4.65. The minimum Gasteiger partial charge on any atom is -0.461 e. The van der Waals surface area contributed by atoms with Gasteiger partial charge in [0.25, 0.3) is 0 Å². The minimum atomic E-state index is -0.668. The van der Waals surface area contributed by atoms with E-state index in [2.05, 4.69) is 26.6 Å². The number of rotatable bonds is 7. The van der Waals surface area contributed by atoms with Gasteiger partial charge in [0.1, 0.15) is 6.61 Å². The Hall–Kier alpha value is -1.85. The largest absolute Gasteiger partial charge is 0.461 e. The van der Waals surface area contributed by atoms with E-state index < -0.39 is 12.1 Å². The molecule has 0 saturated carbocycles. The monoisotopic (exact) mass is 242 g/mol. The average Bonchev–Trinajstić information content (AvgIpc) is 2.35. The SMILES string of the molecule is C=CC(=O)OCCNC(=O)ON=C(CC)CC. The first-order valence-electron chi connectivity index (χ1n) is 5.43. The molecule has 0 aromatic heterocycles. The van der Waals surface area contributed by atoms with Gasteiger partial charge in [-0.05, 0) is 12.8 Å². The molecule has 0 radical (unpaired) electrons. The highest BCUT2D eigenvalue weighted by molar-refractivity contribution is 5.84. The Bertz CT molecular complexity index is 294. The highest BCUT2D eigenvalue weighted by atomic mass is 16.7. The Kier molecular flexibility index (Phi) is 8.36. The van der Waals surface area contributed by atoms with Crippen molar-refractivity contribution in [3.63, 3.8) is 0 Å². The summed E-state index contributed by atoms with van der Waals surface area (Å²) >= 11 is 0. The number of nitrogens with zero attached hydrogens (tertiary/aromatic N) is 1. The van der Waals surface area contributed by atoms with Gasteiger partial charge in [0.15, 0.2) is 0 Å². The molecular formula is C11H18N2O4. The Morgan fingerprint density at radius 2 is 2.00 bits per heavy atom. The molecule has 0 aliphatic rings. The maximum absolute atomic E-state index is 11.1. The number of hydrogen-bond acceptors (Lipinski definition) is 5. The number of hydrogen-bond donors (Lipinski definition) is 1. The van der Waals surface area contributed by atoms with Crippen LogP contribution in [0, 0.1) is 0 Å². The minimum absolute atomic E-state index is 0.0675. The van der Waals surface area contributed by atoms with Crippen LogP contribution in [0.5, 0.6) is 0 Å². The highest BCUT2D eigenvalue weighted by Crippen LogP contribution is 1.93. The van der Waals surface area contributed by atoms with Crippen LogP contribution in [0.2, 0.25) is 0 Å². The summed E-state index contributed by atoms with van der Waals surface area (Å²) in [6, 6.07) is 0. The average molecular weight is 242 g/mol. The fourth-order valence-electron chi connectivity index (χ4n) is 0.881. The van der Waals surface area contributed by atoms with E-state index in [1.807, 2.05) is 13.8 Å². The van der Waals surface area contributed by atoms with Crippen molar-refractivity contribution >= 4 is 17.8 Å². The van der Waals surface area contributed by atoms with Crippen molar-refractivity contribution in [2.24, 2.45) is 5.16 Å². The summed E-state index contributed by atoms with van der Waals surface area (Å²) in [6.07, 6.45) is 1.86. The third-order valence-electron chi connectivity index (χ3n) is 1.86. The van der Waals surface area contributed by atoms with Gasteiger partial charge in [0.05, 0.1) is 12.3 Å². The molecule has 0 aromatic carbocycles. The second-order valence-electron chi connectivity index (χ2n) is 3.04. The lowest BCUT2D eigenvalue weighted by Crippen LogP contribution is -2.27. The predicted molar refractivity (Wildman–Crippen MR) is 63.7 cm³/mol. The molecule has 0 aliphatic carbocycles. The molecule has 6 nitrogen and oxygen atoms in total. The predicted octanol–water partition coefficient (Wildman–Crippen LogP) is 1.62. The molecule has 0 rings (SSSR count). The fraction of sp³-hybridized carbons (Fsp3) is 0.545. The van der Waals surface area contributed by atoms with Gasteiger partial charge in [-0.3, -0.25) is 4.84 Å². The van der Waals surface area contributed by atoms with E-state index in [-0.39, 0.29) is 13.2 Å². The van der Waals surface area contributed by atoms with E-state index in [0.29, 0.717) is 0 Å². The topological polar surface area (TPSA) is 77.0 Å². The molecule has 0 spiro atoms. The maximum Gasteiger partial charge on any atom is 0.433 e. The molecule has 1 N–H and O–H groups in total. The molecule has 0 unspecified atom stereocenters. The van der Waals surface area contributed by atoms with Crippen molar-refractivity contribution in [3.8, 4) is 0 Å². The van der Waals surface area contributed by atoms with Crippen molar-refractivity contribution in [1.29, 1.82) is 0 Å². The standard InChI is InChI=1S/C11H18N2O4/c1-4-9(5-2)13-17-11(15)12-7-8-16-10(14)6-3/h6H,3-5,7-8H2,1-2H3,(H,12,15). The van der Waals surface area contributed by atoms with Gasteiger partial charge in [0.2, 0.25) is 0 Å². The molecule has 17 heavy (non-hydrogen) atoms. The summed E-state index contributed by atoms with van der Waals surface area (Å²) in [7, 11) is 0. The van der Waals surface area contributed by atoms with Gasteiger partial charge in [-0.1, -0.05) is 25.6 Å². The van der Waals surface area contributed by atoms with Crippen LogP contribution in [-0.2, 0) is 14.4 Å². The Balaban J connectivity index is 3.70. The number of carbonyl (C=O) groups excluding carboxylic acids is 2. The van der Waals surface area contributed by atoms with Gasteiger partial charge in [-0.15, -0.1) is 0 Å². The summed E-state index contributed by atoms with van der Waals surface area (Å²) in [4.78, 5) is 26.3. The molecule has 0 aliphatic heterocycles. The third-order valence-corrected chi connectivity index (χ3v) is 1.86. The second kappa shape index (κ2) is 9.38. The molecule has 0 bridgehead atoms. The van der Waals surface area contributed by atoms with Crippen molar-refractivity contribution < 1.29 is 19.2 Å².